The minimum atomic E-state index is 0.263. The fourth-order valence-electron chi connectivity index (χ4n) is 2.30. The third-order valence-electron chi connectivity index (χ3n) is 3.29. The lowest BCUT2D eigenvalue weighted by molar-refractivity contribution is 0.394. The maximum atomic E-state index is 5.74. The van der Waals surface area contributed by atoms with Gasteiger partial charge in [-0.3, -0.25) is 0 Å². The summed E-state index contributed by atoms with van der Waals surface area (Å²) in [5.41, 5.74) is 9.33. The van der Waals surface area contributed by atoms with Crippen LogP contribution >= 0.6 is 0 Å². The van der Waals surface area contributed by atoms with Crippen LogP contribution in [0, 0.1) is 5.41 Å². The van der Waals surface area contributed by atoms with Crippen molar-refractivity contribution in [3.63, 3.8) is 0 Å². The molecule has 0 aliphatic rings. The van der Waals surface area contributed by atoms with Gasteiger partial charge < -0.3 is 10.3 Å². The number of nitrogen functional groups attached to an aromatic ring is 1. The summed E-state index contributed by atoms with van der Waals surface area (Å²) in [4.78, 5) is 4.31. The molecule has 0 saturated carbocycles. The molecule has 102 valence electrons. The van der Waals surface area contributed by atoms with Gasteiger partial charge in [0.2, 0.25) is 0 Å². The average molecular weight is 257 g/mol. The van der Waals surface area contributed by atoms with Crippen molar-refractivity contribution < 1.29 is 0 Å². The molecule has 0 aliphatic heterocycles. The van der Waals surface area contributed by atoms with E-state index >= 15 is 0 Å². The third-order valence-corrected chi connectivity index (χ3v) is 3.29. The maximum Gasteiger partial charge on any atom is 0.0953 e. The number of nitrogens with zero attached hydrogens (tertiary/aromatic N) is 2. The van der Waals surface area contributed by atoms with E-state index in [1.54, 1.807) is 0 Å². The highest BCUT2D eigenvalue weighted by molar-refractivity contribution is 5.40. The Morgan fingerprint density at radius 2 is 1.84 bits per heavy atom. The van der Waals surface area contributed by atoms with E-state index in [9.17, 15) is 0 Å². The van der Waals surface area contributed by atoms with Crippen molar-refractivity contribution in [2.75, 3.05) is 5.73 Å². The van der Waals surface area contributed by atoms with E-state index in [0.717, 1.165) is 12.1 Å². The minimum Gasteiger partial charge on any atom is -0.399 e. The second-order valence-electron chi connectivity index (χ2n) is 6.37. The van der Waals surface area contributed by atoms with E-state index in [2.05, 4.69) is 49.4 Å². The Hall–Kier alpha value is -1.77. The molecule has 1 aromatic carbocycles. The van der Waals surface area contributed by atoms with E-state index < -0.39 is 0 Å². The van der Waals surface area contributed by atoms with Gasteiger partial charge in [-0.25, -0.2) is 4.98 Å². The molecule has 0 radical (unpaired) electrons. The van der Waals surface area contributed by atoms with Crippen LogP contribution in [0.2, 0.25) is 0 Å². The molecular formula is C16H23N3. The highest BCUT2D eigenvalue weighted by atomic mass is 15.1. The molecule has 0 amide bonds. The molecule has 3 nitrogen and oxygen atoms in total. The molecule has 1 heterocycles. The van der Waals surface area contributed by atoms with E-state index in [1.807, 2.05) is 24.7 Å². The smallest absolute Gasteiger partial charge is 0.0953 e. The lowest BCUT2D eigenvalue weighted by Gasteiger charge is -2.22. The molecule has 19 heavy (non-hydrogen) atoms. The van der Waals surface area contributed by atoms with Gasteiger partial charge in [0, 0.05) is 17.6 Å². The van der Waals surface area contributed by atoms with Crippen LogP contribution in [0.15, 0.2) is 36.8 Å². The molecule has 0 aliphatic carbocycles. The van der Waals surface area contributed by atoms with E-state index in [1.165, 1.54) is 11.3 Å². The van der Waals surface area contributed by atoms with Crippen molar-refractivity contribution in [1.82, 2.24) is 9.55 Å². The summed E-state index contributed by atoms with van der Waals surface area (Å²) in [5.74, 6) is 0. The van der Waals surface area contributed by atoms with E-state index in [0.29, 0.717) is 0 Å². The molecule has 0 spiro atoms. The number of hydrogen-bond acceptors (Lipinski definition) is 2. The zero-order valence-corrected chi connectivity index (χ0v) is 12.2. The zero-order chi connectivity index (χ0) is 14.0. The van der Waals surface area contributed by atoms with Gasteiger partial charge in [0.05, 0.1) is 12.4 Å². The minimum absolute atomic E-state index is 0.263. The van der Waals surface area contributed by atoms with Crippen LogP contribution in [0.1, 0.15) is 45.0 Å². The number of rotatable bonds is 3. The third kappa shape index (κ3) is 3.37. The maximum absolute atomic E-state index is 5.74. The lowest BCUT2D eigenvalue weighted by Crippen LogP contribution is -2.15. The number of nitrogens with two attached hydrogens (primary N) is 1. The van der Waals surface area contributed by atoms with Crippen molar-refractivity contribution in [2.24, 2.45) is 5.41 Å². The van der Waals surface area contributed by atoms with Crippen LogP contribution in [0.25, 0.3) is 0 Å². The summed E-state index contributed by atoms with van der Waals surface area (Å²) < 4.78 is 2.25. The van der Waals surface area contributed by atoms with E-state index in [-0.39, 0.29) is 11.5 Å². The summed E-state index contributed by atoms with van der Waals surface area (Å²) >= 11 is 0. The van der Waals surface area contributed by atoms with Crippen molar-refractivity contribution in [1.29, 1.82) is 0 Å². The lowest BCUT2D eigenvalue weighted by atomic mass is 9.90. The zero-order valence-electron chi connectivity index (χ0n) is 12.2. The van der Waals surface area contributed by atoms with Crippen LogP contribution in [0.5, 0.6) is 0 Å². The van der Waals surface area contributed by atoms with Crippen LogP contribution in [0.4, 0.5) is 5.69 Å². The molecule has 0 bridgehead atoms. The largest absolute Gasteiger partial charge is 0.399 e. The number of anilines is 1. The highest BCUT2D eigenvalue weighted by Gasteiger charge is 2.17. The molecule has 0 fully saturated rings. The molecule has 1 atom stereocenters. The van der Waals surface area contributed by atoms with Gasteiger partial charge in [0.25, 0.3) is 0 Å². The fraction of sp³-hybridized carbons (Fsp3) is 0.438. The molecule has 2 aromatic rings. The SMILES string of the molecule is CC(c1ccc(N)cc1)n1cncc1CC(C)(C)C. The van der Waals surface area contributed by atoms with Crippen LogP contribution in [-0.4, -0.2) is 9.55 Å². The summed E-state index contributed by atoms with van der Waals surface area (Å²) in [6.07, 6.45) is 4.91. The predicted molar refractivity (Wildman–Crippen MR) is 80.1 cm³/mol. The van der Waals surface area contributed by atoms with Gasteiger partial charge in [-0.2, -0.15) is 0 Å². The van der Waals surface area contributed by atoms with Crippen LogP contribution < -0.4 is 5.73 Å². The Labute approximate surface area is 115 Å². The first kappa shape index (κ1) is 13.7. The predicted octanol–water partition coefficient (Wildman–Crippen LogP) is 3.66. The molecule has 3 heteroatoms. The second-order valence-corrected chi connectivity index (χ2v) is 6.37. The summed E-state index contributed by atoms with van der Waals surface area (Å²) in [5, 5.41) is 0. The first-order chi connectivity index (χ1) is 8.87. The van der Waals surface area contributed by atoms with Gasteiger partial charge >= 0.3 is 0 Å². The van der Waals surface area contributed by atoms with Crippen molar-refractivity contribution in [2.45, 2.75) is 40.2 Å². The number of hydrogen-bond donors (Lipinski definition) is 1. The first-order valence-corrected chi connectivity index (χ1v) is 6.73. The average Bonchev–Trinajstić information content (AvgIpc) is 2.75. The fourth-order valence-corrected chi connectivity index (χ4v) is 2.30. The van der Waals surface area contributed by atoms with Crippen molar-refractivity contribution in [3.8, 4) is 0 Å². The van der Waals surface area contributed by atoms with Crippen LogP contribution in [0.3, 0.4) is 0 Å². The van der Waals surface area contributed by atoms with Gasteiger partial charge in [-0.05, 0) is 36.5 Å². The van der Waals surface area contributed by atoms with Gasteiger partial charge in [0.15, 0.2) is 0 Å². The highest BCUT2D eigenvalue weighted by Crippen LogP contribution is 2.25. The molecule has 2 rings (SSSR count). The molecule has 1 aromatic heterocycles. The Morgan fingerprint density at radius 1 is 1.21 bits per heavy atom. The topological polar surface area (TPSA) is 43.8 Å². The number of aromatic nitrogens is 2. The summed E-state index contributed by atoms with van der Waals surface area (Å²) in [6.45, 7) is 8.94. The molecule has 2 N–H and O–H groups in total. The number of benzene rings is 1. The monoisotopic (exact) mass is 257 g/mol. The Morgan fingerprint density at radius 3 is 2.42 bits per heavy atom. The first-order valence-electron chi connectivity index (χ1n) is 6.73. The van der Waals surface area contributed by atoms with Gasteiger partial charge in [-0.1, -0.05) is 32.9 Å². The summed E-state index contributed by atoms with van der Waals surface area (Å²) in [7, 11) is 0. The number of imidazole rings is 1. The Bertz CT molecular complexity index is 532. The molecule has 0 saturated heterocycles. The molecular weight excluding hydrogens is 234 g/mol. The Balaban J connectivity index is 2.27. The Kier molecular flexibility index (Phi) is 3.65. The van der Waals surface area contributed by atoms with E-state index in [4.69, 9.17) is 5.73 Å². The quantitative estimate of drug-likeness (QED) is 0.853. The second kappa shape index (κ2) is 5.08. The van der Waals surface area contributed by atoms with Gasteiger partial charge in [0.1, 0.15) is 0 Å². The van der Waals surface area contributed by atoms with Crippen molar-refractivity contribution >= 4 is 5.69 Å². The molecule has 1 unspecified atom stereocenters. The summed E-state index contributed by atoms with van der Waals surface area (Å²) in [6, 6.07) is 8.35. The standard InChI is InChI=1S/C16H23N3/c1-12(13-5-7-14(17)8-6-13)19-11-18-10-15(19)9-16(2,3)4/h5-8,10-12H,9,17H2,1-4H3. The van der Waals surface area contributed by atoms with Crippen LogP contribution in [-0.2, 0) is 6.42 Å². The van der Waals surface area contributed by atoms with Gasteiger partial charge in [-0.15, -0.1) is 0 Å². The normalized spacial score (nSPS) is 13.5. The van der Waals surface area contributed by atoms with Crippen molar-refractivity contribution in [3.05, 3.63) is 48.0 Å².